The largest absolute Gasteiger partial charge is 0.459 e. The summed E-state index contributed by atoms with van der Waals surface area (Å²) in [5, 5.41) is 6.12. The van der Waals surface area contributed by atoms with Gasteiger partial charge in [0.2, 0.25) is 5.91 Å². The van der Waals surface area contributed by atoms with Crippen LogP contribution in [0.25, 0.3) is 11.7 Å². The van der Waals surface area contributed by atoms with Crippen molar-refractivity contribution >= 4 is 30.7 Å². The summed E-state index contributed by atoms with van der Waals surface area (Å²) in [6.07, 6.45) is 1.76. The van der Waals surface area contributed by atoms with E-state index >= 15 is 0 Å². The van der Waals surface area contributed by atoms with Crippen molar-refractivity contribution in [2.75, 3.05) is 13.1 Å². The maximum Gasteiger partial charge on any atom is 0.263 e. The van der Waals surface area contributed by atoms with Crippen molar-refractivity contribution in [1.29, 1.82) is 0 Å². The van der Waals surface area contributed by atoms with Gasteiger partial charge in [0.25, 0.3) is 5.89 Å². The maximum atomic E-state index is 11.9. The van der Waals surface area contributed by atoms with E-state index in [1.165, 1.54) is 0 Å². The number of carbonyl (C=O) groups excluding carboxylic acids is 1. The summed E-state index contributed by atoms with van der Waals surface area (Å²) in [6.45, 7) is 7.33. The molecule has 1 amide bonds. The molecule has 0 radical (unpaired) electrons. The van der Waals surface area contributed by atoms with Crippen LogP contribution in [0.3, 0.4) is 0 Å². The van der Waals surface area contributed by atoms with E-state index < -0.39 is 0 Å². The molecule has 1 atom stereocenters. The van der Waals surface area contributed by atoms with Crippen LogP contribution in [-0.2, 0) is 11.2 Å². The van der Waals surface area contributed by atoms with E-state index in [0.29, 0.717) is 29.6 Å². The van der Waals surface area contributed by atoms with Crippen LogP contribution < -0.4 is 10.6 Å². The van der Waals surface area contributed by atoms with Crippen molar-refractivity contribution in [2.24, 2.45) is 0 Å². The first kappa shape index (κ1) is 21.5. The Morgan fingerprint density at radius 2 is 2.13 bits per heavy atom. The number of rotatable bonds is 7. The van der Waals surface area contributed by atoms with E-state index in [2.05, 4.69) is 15.6 Å². The molecule has 2 heterocycles. The number of aryl methyl sites for hydroxylation is 1. The third-order valence-corrected chi connectivity index (χ3v) is 3.11. The zero-order valence-corrected chi connectivity index (χ0v) is 15.1. The van der Waals surface area contributed by atoms with E-state index in [1.54, 1.807) is 25.3 Å². The number of nitrogens with zero attached hydrogens (tertiary/aromatic N) is 1. The number of amides is 1. The Kier molecular flexibility index (Phi) is 9.64. The quantitative estimate of drug-likeness (QED) is 0.790. The second kappa shape index (κ2) is 10.3. The Morgan fingerprint density at radius 3 is 2.74 bits per heavy atom. The van der Waals surface area contributed by atoms with Crippen molar-refractivity contribution in [3.05, 3.63) is 29.9 Å². The molecular weight excluding hydrogens is 341 g/mol. The van der Waals surface area contributed by atoms with Gasteiger partial charge in [0, 0.05) is 12.6 Å². The first-order valence-corrected chi connectivity index (χ1v) is 7.10. The number of carbonyl (C=O) groups is 1. The Bertz CT molecular complexity index is 585. The van der Waals surface area contributed by atoms with Crippen molar-refractivity contribution in [3.8, 4) is 11.7 Å². The smallest absolute Gasteiger partial charge is 0.263 e. The summed E-state index contributed by atoms with van der Waals surface area (Å²) in [7, 11) is 0. The average Bonchev–Trinajstić information content (AvgIpc) is 3.07. The van der Waals surface area contributed by atoms with Gasteiger partial charge in [-0.3, -0.25) is 4.79 Å². The highest BCUT2D eigenvalue weighted by molar-refractivity contribution is 5.85. The second-order valence-corrected chi connectivity index (χ2v) is 4.94. The molecule has 0 aliphatic rings. The molecule has 8 heteroatoms. The summed E-state index contributed by atoms with van der Waals surface area (Å²) >= 11 is 0. The third kappa shape index (κ3) is 6.25. The van der Waals surface area contributed by atoms with E-state index in [-0.39, 0.29) is 43.2 Å². The summed E-state index contributed by atoms with van der Waals surface area (Å²) in [5.41, 5.74) is 0.634. The number of aromatic nitrogens is 1. The summed E-state index contributed by atoms with van der Waals surface area (Å²) in [6, 6.07) is 3.78. The van der Waals surface area contributed by atoms with E-state index in [1.807, 2.05) is 13.8 Å². The van der Waals surface area contributed by atoms with Crippen molar-refractivity contribution in [3.63, 3.8) is 0 Å². The second-order valence-electron chi connectivity index (χ2n) is 4.94. The molecule has 2 N–H and O–H groups in total. The Balaban J connectivity index is 0.00000242. The van der Waals surface area contributed by atoms with E-state index in [9.17, 15) is 4.79 Å². The highest BCUT2D eigenvalue weighted by Crippen LogP contribution is 2.22. The molecule has 0 aliphatic carbocycles. The van der Waals surface area contributed by atoms with Crippen LogP contribution >= 0.6 is 24.8 Å². The van der Waals surface area contributed by atoms with Crippen LogP contribution in [-0.4, -0.2) is 30.0 Å². The van der Waals surface area contributed by atoms with Crippen LogP contribution in [0, 0.1) is 6.92 Å². The normalized spacial score (nSPS) is 11.3. The lowest BCUT2D eigenvalue weighted by Gasteiger charge is -2.12. The van der Waals surface area contributed by atoms with Gasteiger partial charge in [-0.2, -0.15) is 0 Å². The van der Waals surface area contributed by atoms with Gasteiger partial charge in [-0.05, 0) is 32.5 Å². The standard InChI is InChI=1S/C15H21N3O3.2ClH/c1-4-16-10(2)9-17-14(19)8-12-11(3)21-15(18-12)13-6-5-7-20-13;;/h5-7,10,16H,4,8-9H2,1-3H3,(H,17,19);2*1H/t10-;;/m1../s1. The van der Waals surface area contributed by atoms with Gasteiger partial charge in [-0.15, -0.1) is 24.8 Å². The minimum atomic E-state index is -0.0675. The molecule has 2 aromatic rings. The molecule has 6 nitrogen and oxygen atoms in total. The van der Waals surface area contributed by atoms with Crippen LogP contribution in [0.5, 0.6) is 0 Å². The number of hydrogen-bond donors (Lipinski definition) is 2. The van der Waals surface area contributed by atoms with Crippen molar-refractivity contribution in [1.82, 2.24) is 15.6 Å². The van der Waals surface area contributed by atoms with Gasteiger partial charge in [0.15, 0.2) is 5.76 Å². The predicted molar refractivity (Wildman–Crippen MR) is 93.3 cm³/mol. The maximum absolute atomic E-state index is 11.9. The van der Waals surface area contributed by atoms with Crippen LogP contribution in [0.15, 0.2) is 27.2 Å². The lowest BCUT2D eigenvalue weighted by molar-refractivity contribution is -0.120. The molecule has 0 unspecified atom stereocenters. The number of likely N-dealkylation sites (N-methyl/N-ethyl adjacent to an activating group) is 1. The van der Waals surface area contributed by atoms with Crippen LogP contribution in [0.1, 0.15) is 25.3 Å². The van der Waals surface area contributed by atoms with E-state index in [4.69, 9.17) is 8.83 Å². The zero-order valence-electron chi connectivity index (χ0n) is 13.4. The lowest BCUT2D eigenvalue weighted by atomic mass is 10.2. The SMILES string of the molecule is CCN[C@H](C)CNC(=O)Cc1nc(-c2ccco2)oc1C.Cl.Cl. The summed E-state index contributed by atoms with van der Waals surface area (Å²) < 4.78 is 10.8. The van der Waals surface area contributed by atoms with Gasteiger partial charge in [-0.25, -0.2) is 4.98 Å². The number of hydrogen-bond acceptors (Lipinski definition) is 5. The minimum absolute atomic E-state index is 0. The molecule has 23 heavy (non-hydrogen) atoms. The first-order chi connectivity index (χ1) is 10.1. The monoisotopic (exact) mass is 363 g/mol. The highest BCUT2D eigenvalue weighted by Gasteiger charge is 2.16. The highest BCUT2D eigenvalue weighted by atomic mass is 35.5. The molecule has 130 valence electrons. The molecule has 2 rings (SSSR count). The Hall–Kier alpha value is -1.50. The molecule has 0 fully saturated rings. The molecule has 0 aromatic carbocycles. The fourth-order valence-electron chi connectivity index (χ4n) is 2.00. The van der Waals surface area contributed by atoms with Gasteiger partial charge in [0.1, 0.15) is 5.76 Å². The summed E-state index contributed by atoms with van der Waals surface area (Å²) in [5.74, 6) is 1.53. The van der Waals surface area contributed by atoms with Crippen molar-refractivity contribution < 1.29 is 13.6 Å². The Morgan fingerprint density at radius 1 is 1.39 bits per heavy atom. The van der Waals surface area contributed by atoms with Gasteiger partial charge in [0.05, 0.1) is 18.4 Å². The topological polar surface area (TPSA) is 80.3 Å². The molecular formula is C15H23Cl2N3O3. The van der Waals surface area contributed by atoms with Gasteiger partial charge < -0.3 is 19.5 Å². The number of halogens is 2. The average molecular weight is 364 g/mol. The molecule has 0 aliphatic heterocycles. The lowest BCUT2D eigenvalue weighted by Crippen LogP contribution is -2.39. The van der Waals surface area contributed by atoms with Gasteiger partial charge in [-0.1, -0.05) is 6.92 Å². The Labute approximate surface area is 148 Å². The van der Waals surface area contributed by atoms with Gasteiger partial charge >= 0.3 is 0 Å². The van der Waals surface area contributed by atoms with Crippen molar-refractivity contribution in [2.45, 2.75) is 33.2 Å². The summed E-state index contributed by atoms with van der Waals surface area (Å²) in [4.78, 5) is 16.2. The zero-order chi connectivity index (χ0) is 15.2. The van der Waals surface area contributed by atoms with Crippen LogP contribution in [0.4, 0.5) is 0 Å². The fraction of sp³-hybridized carbons (Fsp3) is 0.467. The third-order valence-electron chi connectivity index (χ3n) is 3.11. The molecule has 0 bridgehead atoms. The molecule has 0 spiro atoms. The van der Waals surface area contributed by atoms with E-state index in [0.717, 1.165) is 6.54 Å². The first-order valence-electron chi connectivity index (χ1n) is 7.10. The number of nitrogens with one attached hydrogen (secondary N) is 2. The predicted octanol–water partition coefficient (Wildman–Crippen LogP) is 2.74. The molecule has 0 saturated carbocycles. The fourth-order valence-corrected chi connectivity index (χ4v) is 2.00. The number of furan rings is 1. The molecule has 0 saturated heterocycles. The molecule has 2 aromatic heterocycles. The van der Waals surface area contributed by atoms with Crippen LogP contribution in [0.2, 0.25) is 0 Å². The minimum Gasteiger partial charge on any atom is -0.459 e. The number of oxazole rings is 1.